The average molecular weight is 529 g/mol. The fraction of sp³-hybridized carbons (Fsp3) is 0.429. The Morgan fingerprint density at radius 1 is 0.868 bits per heavy atom. The van der Waals surface area contributed by atoms with E-state index in [4.69, 9.17) is 4.74 Å². The van der Waals surface area contributed by atoms with Crippen LogP contribution < -0.4 is 0 Å². The molecule has 10 heteroatoms. The molecule has 10 nitrogen and oxygen atoms in total. The van der Waals surface area contributed by atoms with Crippen LogP contribution in [0.2, 0.25) is 0 Å². The zero-order valence-corrected chi connectivity index (χ0v) is 21.8. The van der Waals surface area contributed by atoms with Crippen molar-refractivity contribution in [2.75, 3.05) is 0 Å². The Hall–Kier alpha value is -3.28. The summed E-state index contributed by atoms with van der Waals surface area (Å²) in [5.41, 5.74) is -7.68. The van der Waals surface area contributed by atoms with Gasteiger partial charge in [0.1, 0.15) is 24.1 Å². The molecule has 0 spiro atoms. The summed E-state index contributed by atoms with van der Waals surface area (Å²) >= 11 is 0. The number of carbonyl (C=O) groups is 4. The first-order valence-corrected chi connectivity index (χ1v) is 11.9. The molecule has 0 amide bonds. The number of ketones is 4. The maximum absolute atomic E-state index is 13.0. The van der Waals surface area contributed by atoms with Gasteiger partial charge in [0, 0.05) is 0 Å². The zero-order valence-electron chi connectivity index (χ0n) is 21.8. The molecule has 0 saturated carbocycles. The number of hydrogen-bond acceptors (Lipinski definition) is 10. The van der Waals surface area contributed by atoms with Gasteiger partial charge in [0.2, 0.25) is 0 Å². The molecule has 1 heterocycles. The number of phenolic OH excluding ortho intramolecular Hbond substituents is 1. The third-order valence-corrected chi connectivity index (χ3v) is 7.47. The van der Waals surface area contributed by atoms with E-state index in [0.29, 0.717) is 12.0 Å². The minimum Gasteiger partial charge on any atom is -0.508 e. The van der Waals surface area contributed by atoms with Crippen molar-refractivity contribution in [3.63, 3.8) is 0 Å². The van der Waals surface area contributed by atoms with Gasteiger partial charge in [-0.25, -0.2) is 0 Å². The standard InChI is InChI=1S/C28H32O10/c1-14-6-9-20(13-21(14)12-19-7-10-22(33)11-8-19)24-26(35,16(3)30)28(37,18(5)32)27(36,17(4)31)25(38-24)23(34)15(2)29/h6-11,13,23-25,33-37H,12H2,1-5H3/t23?,24-,25+,26-,27+,28+/m0/s1. The van der Waals surface area contributed by atoms with Crippen LogP contribution in [-0.4, -0.2) is 77.7 Å². The Morgan fingerprint density at radius 2 is 1.42 bits per heavy atom. The summed E-state index contributed by atoms with van der Waals surface area (Å²) in [6.45, 7) is 5.16. The largest absolute Gasteiger partial charge is 0.508 e. The Bertz CT molecular complexity index is 1290. The number of aryl methyl sites for hydroxylation is 1. The molecule has 3 rings (SSSR count). The minimum absolute atomic E-state index is 0.0770. The van der Waals surface area contributed by atoms with Crippen molar-refractivity contribution in [3.8, 4) is 5.75 Å². The van der Waals surface area contributed by atoms with E-state index >= 15 is 0 Å². The number of aromatic hydroxyl groups is 1. The second-order valence-corrected chi connectivity index (χ2v) is 9.93. The van der Waals surface area contributed by atoms with Gasteiger partial charge < -0.3 is 30.3 Å². The van der Waals surface area contributed by atoms with Crippen LogP contribution in [0.25, 0.3) is 0 Å². The Kier molecular flexibility index (Phi) is 7.80. The van der Waals surface area contributed by atoms with Crippen molar-refractivity contribution in [3.05, 3.63) is 64.7 Å². The lowest BCUT2D eigenvalue weighted by molar-refractivity contribution is -0.329. The highest BCUT2D eigenvalue weighted by atomic mass is 16.6. The Balaban J connectivity index is 2.29. The van der Waals surface area contributed by atoms with Crippen molar-refractivity contribution >= 4 is 23.1 Å². The Morgan fingerprint density at radius 3 is 1.89 bits per heavy atom. The number of benzene rings is 2. The van der Waals surface area contributed by atoms with Crippen molar-refractivity contribution in [1.82, 2.24) is 0 Å². The summed E-state index contributed by atoms with van der Waals surface area (Å²) in [7, 11) is 0. The van der Waals surface area contributed by atoms with Crippen LogP contribution in [-0.2, 0) is 30.3 Å². The molecule has 0 aliphatic carbocycles. The lowest BCUT2D eigenvalue weighted by Gasteiger charge is -2.58. The molecule has 204 valence electrons. The van der Waals surface area contributed by atoms with Crippen LogP contribution in [0, 0.1) is 6.92 Å². The summed E-state index contributed by atoms with van der Waals surface area (Å²) in [6, 6.07) is 11.1. The van der Waals surface area contributed by atoms with Crippen molar-refractivity contribution in [2.45, 2.75) is 76.2 Å². The number of rotatable bonds is 8. The minimum atomic E-state index is -3.50. The monoisotopic (exact) mass is 528 g/mol. The smallest absolute Gasteiger partial charge is 0.200 e. The molecule has 1 saturated heterocycles. The van der Waals surface area contributed by atoms with E-state index in [1.165, 1.54) is 18.2 Å². The summed E-state index contributed by atoms with van der Waals surface area (Å²) < 4.78 is 5.80. The lowest BCUT2D eigenvalue weighted by atomic mass is 9.57. The molecule has 0 bridgehead atoms. The third-order valence-electron chi connectivity index (χ3n) is 7.47. The highest BCUT2D eigenvalue weighted by Crippen LogP contribution is 2.53. The number of hydrogen-bond donors (Lipinski definition) is 5. The number of aliphatic hydroxyl groups is 4. The normalized spacial score (nSPS) is 29.9. The van der Waals surface area contributed by atoms with Gasteiger partial charge in [0.05, 0.1) is 0 Å². The molecule has 1 aliphatic rings. The molecule has 38 heavy (non-hydrogen) atoms. The van der Waals surface area contributed by atoms with E-state index in [2.05, 4.69) is 0 Å². The highest BCUT2D eigenvalue weighted by Gasteiger charge is 2.79. The molecule has 1 aliphatic heterocycles. The first-order valence-electron chi connectivity index (χ1n) is 11.9. The molecule has 6 atom stereocenters. The molecular weight excluding hydrogens is 496 g/mol. The summed E-state index contributed by atoms with van der Waals surface area (Å²) in [6.07, 6.45) is -5.95. The predicted molar refractivity (Wildman–Crippen MR) is 133 cm³/mol. The fourth-order valence-electron chi connectivity index (χ4n) is 5.18. The number of Topliss-reactive ketones (excluding diaryl/α,β-unsaturated/α-hetero) is 4. The molecule has 0 aromatic heterocycles. The SMILES string of the molecule is CC(=O)C(O)[C@H]1O[C@@H](c2ccc(C)c(Cc3ccc(O)cc3)c2)[C@@](O)(C(C)=O)[C@](O)(C(C)=O)[C@@]1(O)C(C)=O. The van der Waals surface area contributed by atoms with E-state index < -0.39 is 58.2 Å². The molecular formula is C28H32O10. The van der Waals surface area contributed by atoms with Gasteiger partial charge in [-0.05, 0) is 75.4 Å². The first-order chi connectivity index (χ1) is 17.5. The topological polar surface area (TPSA) is 179 Å². The number of phenols is 1. The molecule has 5 N–H and O–H groups in total. The third kappa shape index (κ3) is 4.28. The predicted octanol–water partition coefficient (Wildman–Crippen LogP) is 0.642. The van der Waals surface area contributed by atoms with Gasteiger partial charge in [0.15, 0.2) is 39.9 Å². The summed E-state index contributed by atoms with van der Waals surface area (Å²) in [5.74, 6) is -4.73. The highest BCUT2D eigenvalue weighted by molar-refractivity contribution is 6.06. The van der Waals surface area contributed by atoms with Gasteiger partial charge in [-0.3, -0.25) is 19.2 Å². The van der Waals surface area contributed by atoms with E-state index in [1.807, 2.05) is 0 Å². The van der Waals surface area contributed by atoms with E-state index in [0.717, 1.165) is 38.8 Å². The van der Waals surface area contributed by atoms with Gasteiger partial charge in [0.25, 0.3) is 0 Å². The van der Waals surface area contributed by atoms with Gasteiger partial charge in [-0.1, -0.05) is 30.3 Å². The summed E-state index contributed by atoms with van der Waals surface area (Å²) in [5, 5.41) is 55.2. The average Bonchev–Trinajstić information content (AvgIpc) is 2.84. The quantitative estimate of drug-likeness (QED) is 0.326. The van der Waals surface area contributed by atoms with Crippen molar-refractivity contribution < 1.29 is 49.4 Å². The number of carbonyl (C=O) groups excluding carboxylic acids is 4. The second kappa shape index (κ2) is 10.1. The zero-order chi connectivity index (χ0) is 28.8. The lowest BCUT2D eigenvalue weighted by Crippen LogP contribution is -2.85. The van der Waals surface area contributed by atoms with Gasteiger partial charge in [-0.2, -0.15) is 0 Å². The summed E-state index contributed by atoms with van der Waals surface area (Å²) in [4.78, 5) is 50.8. The molecule has 2 aromatic rings. The van der Waals surface area contributed by atoms with Gasteiger partial charge in [-0.15, -0.1) is 0 Å². The second-order valence-electron chi connectivity index (χ2n) is 9.93. The van der Waals surface area contributed by atoms with E-state index in [9.17, 15) is 44.7 Å². The van der Waals surface area contributed by atoms with Crippen LogP contribution in [0.3, 0.4) is 0 Å². The van der Waals surface area contributed by atoms with Crippen molar-refractivity contribution in [2.24, 2.45) is 0 Å². The Labute approximate surface area is 219 Å². The molecule has 1 unspecified atom stereocenters. The maximum Gasteiger partial charge on any atom is 0.200 e. The van der Waals surface area contributed by atoms with Crippen LogP contribution in [0.4, 0.5) is 0 Å². The van der Waals surface area contributed by atoms with Crippen LogP contribution in [0.5, 0.6) is 5.75 Å². The molecule has 1 fully saturated rings. The molecule has 2 aromatic carbocycles. The first kappa shape index (κ1) is 29.3. The fourth-order valence-corrected chi connectivity index (χ4v) is 5.18. The number of ether oxygens (including phenoxy) is 1. The van der Waals surface area contributed by atoms with Crippen LogP contribution >= 0.6 is 0 Å². The maximum atomic E-state index is 13.0. The van der Waals surface area contributed by atoms with Crippen molar-refractivity contribution in [1.29, 1.82) is 0 Å². The van der Waals surface area contributed by atoms with Crippen LogP contribution in [0.15, 0.2) is 42.5 Å². The number of aliphatic hydroxyl groups excluding tert-OH is 1. The molecule has 0 radical (unpaired) electrons. The van der Waals surface area contributed by atoms with E-state index in [-0.39, 0.29) is 11.3 Å². The van der Waals surface area contributed by atoms with Gasteiger partial charge >= 0.3 is 0 Å². The van der Waals surface area contributed by atoms with E-state index in [1.54, 1.807) is 31.2 Å². The van der Waals surface area contributed by atoms with Crippen LogP contribution in [0.1, 0.15) is 56.1 Å².